The highest BCUT2D eigenvalue weighted by atomic mass is 32.2. The van der Waals surface area contributed by atoms with Crippen LogP contribution >= 0.6 is 11.8 Å². The van der Waals surface area contributed by atoms with E-state index in [1.807, 2.05) is 43.5 Å². The van der Waals surface area contributed by atoms with Crippen molar-refractivity contribution >= 4 is 39.3 Å². The Morgan fingerprint density at radius 1 is 0.949 bits per heavy atom. The lowest BCUT2D eigenvalue weighted by Crippen LogP contribution is -2.51. The van der Waals surface area contributed by atoms with E-state index in [1.54, 1.807) is 50.2 Å². The van der Waals surface area contributed by atoms with Crippen LogP contribution in [-0.2, 0) is 26.2 Å². The normalized spacial score (nSPS) is 11.9. The fourth-order valence-corrected chi connectivity index (χ4v) is 5.79. The van der Waals surface area contributed by atoms with Gasteiger partial charge in [0.05, 0.1) is 17.2 Å². The van der Waals surface area contributed by atoms with E-state index in [1.165, 1.54) is 28.8 Å². The highest BCUT2D eigenvalue weighted by Crippen LogP contribution is 2.28. The van der Waals surface area contributed by atoms with Gasteiger partial charge in [-0.2, -0.15) is 0 Å². The molecule has 3 aromatic carbocycles. The first kappa shape index (κ1) is 30.0. The van der Waals surface area contributed by atoms with Crippen LogP contribution in [0.2, 0.25) is 0 Å². The Labute approximate surface area is 235 Å². The first-order valence-corrected chi connectivity index (χ1v) is 15.4. The van der Waals surface area contributed by atoms with Gasteiger partial charge in [-0.1, -0.05) is 30.3 Å². The van der Waals surface area contributed by atoms with Crippen molar-refractivity contribution in [2.24, 2.45) is 0 Å². The molecular formula is C29H35N3O5S2. The molecule has 0 unspecified atom stereocenters. The zero-order chi connectivity index (χ0) is 28.4. The van der Waals surface area contributed by atoms with Gasteiger partial charge in [0.25, 0.3) is 10.0 Å². The lowest BCUT2D eigenvalue weighted by Gasteiger charge is -2.32. The molecule has 39 heavy (non-hydrogen) atoms. The van der Waals surface area contributed by atoms with Crippen LogP contribution in [-0.4, -0.2) is 57.1 Å². The Balaban J connectivity index is 2.02. The molecule has 0 saturated heterocycles. The number of ether oxygens (including phenoxy) is 1. The van der Waals surface area contributed by atoms with Crippen LogP contribution in [0.1, 0.15) is 26.3 Å². The van der Waals surface area contributed by atoms with Crippen molar-refractivity contribution in [2.75, 3.05) is 30.3 Å². The van der Waals surface area contributed by atoms with Gasteiger partial charge in [-0.15, -0.1) is 11.8 Å². The molecule has 3 aromatic rings. The fourth-order valence-electron chi connectivity index (χ4n) is 3.96. The van der Waals surface area contributed by atoms with E-state index in [9.17, 15) is 18.0 Å². The molecule has 0 saturated carbocycles. The highest BCUT2D eigenvalue weighted by Gasteiger charge is 2.32. The van der Waals surface area contributed by atoms with Gasteiger partial charge < -0.3 is 15.0 Å². The molecule has 1 N–H and O–H groups in total. The van der Waals surface area contributed by atoms with Gasteiger partial charge in [-0.25, -0.2) is 8.42 Å². The number of thioether (sulfide) groups is 1. The van der Waals surface area contributed by atoms with Crippen LogP contribution in [0.5, 0.6) is 5.75 Å². The van der Waals surface area contributed by atoms with Crippen molar-refractivity contribution in [3.63, 3.8) is 0 Å². The number of anilines is 1. The Morgan fingerprint density at radius 3 is 2.15 bits per heavy atom. The smallest absolute Gasteiger partial charge is 0.264 e. The van der Waals surface area contributed by atoms with E-state index in [0.29, 0.717) is 24.6 Å². The first-order valence-electron chi connectivity index (χ1n) is 12.7. The molecule has 0 aliphatic rings. The molecule has 0 aliphatic carbocycles. The van der Waals surface area contributed by atoms with Crippen LogP contribution in [0.4, 0.5) is 5.69 Å². The second-order valence-corrected chi connectivity index (χ2v) is 11.4. The lowest BCUT2D eigenvalue weighted by atomic mass is 10.1. The van der Waals surface area contributed by atoms with Gasteiger partial charge in [0.1, 0.15) is 18.3 Å². The number of hydrogen-bond acceptors (Lipinski definition) is 6. The molecule has 0 heterocycles. The largest absolute Gasteiger partial charge is 0.494 e. The maximum Gasteiger partial charge on any atom is 0.264 e. The summed E-state index contributed by atoms with van der Waals surface area (Å²) in [5.74, 6) is -0.231. The van der Waals surface area contributed by atoms with E-state index in [4.69, 9.17) is 4.74 Å². The fraction of sp³-hybridized carbons (Fsp3) is 0.310. The summed E-state index contributed by atoms with van der Waals surface area (Å²) >= 11 is 1.50. The summed E-state index contributed by atoms with van der Waals surface area (Å²) in [6, 6.07) is 21.6. The molecule has 208 valence electrons. The standard InChI is InChI=1S/C29H35N3O5S2/c1-5-30-29(34)22(3)31(20-23-10-8-7-9-11-23)28(33)21-32(24-12-14-25(15-13-24)37-6-2)39(35,36)27-18-16-26(38-4)17-19-27/h7-19,22H,5-6,20-21H2,1-4H3,(H,30,34)/t22-/m0/s1. The SMILES string of the molecule is CCNC(=O)[C@H](C)N(Cc1ccccc1)C(=O)CN(c1ccc(OCC)cc1)S(=O)(=O)c1ccc(SC)cc1. The summed E-state index contributed by atoms with van der Waals surface area (Å²) < 4.78 is 34.4. The van der Waals surface area contributed by atoms with Crippen molar-refractivity contribution in [1.82, 2.24) is 10.2 Å². The average Bonchev–Trinajstić information content (AvgIpc) is 2.95. The number of sulfonamides is 1. The number of nitrogens with one attached hydrogen (secondary N) is 1. The molecule has 0 radical (unpaired) electrons. The number of hydrogen-bond donors (Lipinski definition) is 1. The second-order valence-electron chi connectivity index (χ2n) is 8.69. The van der Waals surface area contributed by atoms with Gasteiger partial charge >= 0.3 is 0 Å². The summed E-state index contributed by atoms with van der Waals surface area (Å²) in [5, 5.41) is 2.76. The van der Waals surface area contributed by atoms with Crippen molar-refractivity contribution in [1.29, 1.82) is 0 Å². The monoisotopic (exact) mass is 569 g/mol. The minimum Gasteiger partial charge on any atom is -0.494 e. The van der Waals surface area contributed by atoms with Crippen LogP contribution in [0.25, 0.3) is 0 Å². The molecule has 8 nitrogen and oxygen atoms in total. The minimum absolute atomic E-state index is 0.0633. The van der Waals surface area contributed by atoms with Gasteiger partial charge in [-0.3, -0.25) is 13.9 Å². The first-order chi connectivity index (χ1) is 18.7. The number of carbonyl (C=O) groups excluding carboxylic acids is 2. The third-order valence-electron chi connectivity index (χ3n) is 6.08. The highest BCUT2D eigenvalue weighted by molar-refractivity contribution is 7.98. The van der Waals surface area contributed by atoms with Crippen molar-refractivity contribution in [2.45, 2.75) is 43.1 Å². The third kappa shape index (κ3) is 7.77. The zero-order valence-electron chi connectivity index (χ0n) is 22.7. The van der Waals surface area contributed by atoms with Crippen molar-refractivity contribution in [3.05, 3.63) is 84.4 Å². The summed E-state index contributed by atoms with van der Waals surface area (Å²) in [6.07, 6.45) is 1.91. The lowest BCUT2D eigenvalue weighted by molar-refractivity contribution is -0.139. The number of carbonyl (C=O) groups is 2. The zero-order valence-corrected chi connectivity index (χ0v) is 24.3. The van der Waals surface area contributed by atoms with Gasteiger partial charge in [-0.05, 0) is 81.1 Å². The molecule has 1 atom stereocenters. The summed E-state index contributed by atoms with van der Waals surface area (Å²) in [6.45, 7) is 5.84. The van der Waals surface area contributed by atoms with E-state index >= 15 is 0 Å². The minimum atomic E-state index is -4.13. The van der Waals surface area contributed by atoms with Gasteiger partial charge in [0.2, 0.25) is 11.8 Å². The summed E-state index contributed by atoms with van der Waals surface area (Å²) in [5.41, 5.74) is 1.14. The van der Waals surface area contributed by atoms with E-state index in [2.05, 4.69) is 5.32 Å². The number of benzene rings is 3. The Morgan fingerprint density at radius 2 is 1.59 bits per heavy atom. The van der Waals surface area contributed by atoms with Gasteiger partial charge in [0, 0.05) is 18.0 Å². The van der Waals surface area contributed by atoms with E-state index < -0.39 is 28.5 Å². The van der Waals surface area contributed by atoms with Crippen LogP contribution < -0.4 is 14.4 Å². The molecule has 0 spiro atoms. The Bertz CT molecular complexity index is 1330. The molecule has 0 fully saturated rings. The van der Waals surface area contributed by atoms with Crippen molar-refractivity contribution < 1.29 is 22.7 Å². The predicted molar refractivity (Wildman–Crippen MR) is 156 cm³/mol. The maximum atomic E-state index is 13.9. The van der Waals surface area contributed by atoms with Crippen LogP contribution in [0, 0.1) is 0 Å². The Hall–Kier alpha value is -3.50. The average molecular weight is 570 g/mol. The molecule has 3 rings (SSSR count). The predicted octanol–water partition coefficient (Wildman–Crippen LogP) is 4.56. The van der Waals surface area contributed by atoms with Crippen molar-refractivity contribution in [3.8, 4) is 5.75 Å². The summed E-state index contributed by atoms with van der Waals surface area (Å²) in [7, 11) is -4.13. The van der Waals surface area contributed by atoms with E-state index in [-0.39, 0.29) is 17.3 Å². The molecule has 0 aliphatic heterocycles. The number of rotatable bonds is 13. The van der Waals surface area contributed by atoms with Gasteiger partial charge in [0.15, 0.2) is 0 Å². The van der Waals surface area contributed by atoms with Crippen LogP contribution in [0.15, 0.2) is 88.7 Å². The molecule has 10 heteroatoms. The molecular weight excluding hydrogens is 534 g/mol. The maximum absolute atomic E-state index is 13.9. The molecule has 0 aromatic heterocycles. The topological polar surface area (TPSA) is 96.0 Å². The number of nitrogens with zero attached hydrogens (tertiary/aromatic N) is 2. The number of amides is 2. The molecule has 0 bridgehead atoms. The van der Waals surface area contributed by atoms with Crippen LogP contribution in [0.3, 0.4) is 0 Å². The third-order valence-corrected chi connectivity index (χ3v) is 8.61. The second kappa shape index (κ2) is 14.0. The molecule has 2 amide bonds. The quantitative estimate of drug-likeness (QED) is 0.303. The number of likely N-dealkylation sites (N-methyl/N-ethyl adjacent to an activating group) is 1. The van der Waals surface area contributed by atoms with E-state index in [0.717, 1.165) is 14.8 Å². The summed E-state index contributed by atoms with van der Waals surface area (Å²) in [4.78, 5) is 29.0. The Kier molecular flexibility index (Phi) is 10.8.